The van der Waals surface area contributed by atoms with Crippen LogP contribution in [-0.4, -0.2) is 47.6 Å². The Morgan fingerprint density at radius 2 is 1.31 bits per heavy atom. The van der Waals surface area contributed by atoms with Gasteiger partial charge < -0.3 is 28.4 Å². The van der Waals surface area contributed by atoms with Gasteiger partial charge in [0.05, 0.1) is 53.3 Å². The molecule has 0 amide bonds. The predicted octanol–water partition coefficient (Wildman–Crippen LogP) is 7.79. The van der Waals surface area contributed by atoms with Crippen LogP contribution in [0.5, 0.6) is 28.7 Å². The maximum absolute atomic E-state index is 11.3. The van der Waals surface area contributed by atoms with Crippen molar-refractivity contribution in [2.24, 2.45) is 0 Å². The van der Waals surface area contributed by atoms with Crippen molar-refractivity contribution in [3.05, 3.63) is 53.6 Å². The summed E-state index contributed by atoms with van der Waals surface area (Å²) < 4.78 is 32.9. The van der Waals surface area contributed by atoms with Gasteiger partial charge in [-0.15, -0.1) is 0 Å². The quantitative estimate of drug-likeness (QED) is 0.0515. The molecular weight excluding hydrogens is 534 g/mol. The van der Waals surface area contributed by atoms with Gasteiger partial charge in [0.15, 0.2) is 23.0 Å². The molecule has 0 unspecified atom stereocenters. The van der Waals surface area contributed by atoms with Gasteiger partial charge >= 0.3 is 5.97 Å². The Kier molecular flexibility index (Phi) is 15.5. The molecule has 2 aromatic rings. The molecule has 0 aliphatic heterocycles. The van der Waals surface area contributed by atoms with Crippen molar-refractivity contribution in [1.82, 2.24) is 0 Å². The fraction of sp³-hybridized carbons (Fsp3) is 0.471. The Bertz CT molecular complexity index is 1200. The van der Waals surface area contributed by atoms with E-state index in [1.165, 1.54) is 32.8 Å². The molecule has 0 fully saturated rings. The molecule has 0 aromatic heterocycles. The Balaban J connectivity index is 1.79. The lowest BCUT2D eigenvalue weighted by atomic mass is 10.0. The number of ether oxygens (including phenoxy) is 6. The smallest absolute Gasteiger partial charge is 0.333 e. The average Bonchev–Trinajstić information content (AvgIpc) is 3.01. The number of benzene rings is 2. The van der Waals surface area contributed by atoms with Crippen LogP contribution in [0.2, 0.25) is 0 Å². The number of esters is 1. The second-order valence-electron chi connectivity index (χ2n) is 9.94. The number of allylic oxidation sites excluding steroid dienone is 1. The lowest BCUT2D eigenvalue weighted by Gasteiger charge is -2.14. The van der Waals surface area contributed by atoms with Crippen molar-refractivity contribution < 1.29 is 33.2 Å². The summed E-state index contributed by atoms with van der Waals surface area (Å²) in [5, 5.41) is 9.88. The van der Waals surface area contributed by atoms with Gasteiger partial charge in [0.2, 0.25) is 5.75 Å². The highest BCUT2D eigenvalue weighted by Gasteiger charge is 2.16. The molecule has 2 rings (SSSR count). The summed E-state index contributed by atoms with van der Waals surface area (Å²) in [5.74, 6) is 2.41. The van der Waals surface area contributed by atoms with Crippen LogP contribution in [0, 0.1) is 11.3 Å². The van der Waals surface area contributed by atoms with E-state index in [-0.39, 0.29) is 5.97 Å². The Hall–Kier alpha value is -4.12. The molecule has 0 aliphatic carbocycles. The SMILES string of the molecule is C=C(C)C(=O)OCCCCCCCCCCCOc1ccc(/C=C(\C#N)c2cc(OC)c(OC)c(OC)c2)cc1OC. The number of rotatable bonds is 20. The predicted molar refractivity (Wildman–Crippen MR) is 165 cm³/mol. The first-order valence-electron chi connectivity index (χ1n) is 14.4. The standard InChI is InChI=1S/C34H45NO7/c1-25(2)34(36)42-19-15-13-11-9-7-8-10-12-14-18-41-29-17-16-26(21-30(29)37-3)20-28(24-35)27-22-31(38-4)33(40-6)32(23-27)39-5/h16-17,20-23H,1,7-15,18-19H2,2-6H3/b28-20+. The molecular formula is C34H45NO7. The Morgan fingerprint density at radius 3 is 1.81 bits per heavy atom. The van der Waals surface area contributed by atoms with Crippen LogP contribution in [0.3, 0.4) is 0 Å². The molecule has 0 bridgehead atoms. The van der Waals surface area contributed by atoms with E-state index in [1.54, 1.807) is 46.5 Å². The largest absolute Gasteiger partial charge is 0.493 e. The van der Waals surface area contributed by atoms with Crippen LogP contribution in [0.25, 0.3) is 11.6 Å². The van der Waals surface area contributed by atoms with Gasteiger partial charge in [0.25, 0.3) is 0 Å². The zero-order valence-corrected chi connectivity index (χ0v) is 25.8. The van der Waals surface area contributed by atoms with E-state index in [0.717, 1.165) is 37.7 Å². The highest BCUT2D eigenvalue weighted by molar-refractivity contribution is 5.91. The maximum Gasteiger partial charge on any atom is 0.333 e. The molecule has 228 valence electrons. The second kappa shape index (κ2) is 19.1. The first kappa shape index (κ1) is 34.1. The molecule has 0 heterocycles. The summed E-state index contributed by atoms with van der Waals surface area (Å²) in [5.41, 5.74) is 2.34. The van der Waals surface area contributed by atoms with E-state index in [2.05, 4.69) is 12.6 Å². The minimum atomic E-state index is -0.301. The van der Waals surface area contributed by atoms with Crippen molar-refractivity contribution in [3.63, 3.8) is 0 Å². The minimum Gasteiger partial charge on any atom is -0.493 e. The number of hydrogen-bond acceptors (Lipinski definition) is 8. The molecule has 0 aliphatic rings. The number of nitriles is 1. The number of carbonyl (C=O) groups is 1. The average molecular weight is 580 g/mol. The van der Waals surface area contributed by atoms with Crippen molar-refractivity contribution >= 4 is 17.6 Å². The van der Waals surface area contributed by atoms with E-state index in [1.807, 2.05) is 18.2 Å². The molecule has 0 spiro atoms. The second-order valence-corrected chi connectivity index (χ2v) is 9.94. The van der Waals surface area contributed by atoms with E-state index in [4.69, 9.17) is 28.4 Å². The third-order valence-corrected chi connectivity index (χ3v) is 6.72. The fourth-order valence-corrected chi connectivity index (χ4v) is 4.39. The minimum absolute atomic E-state index is 0.301. The molecule has 0 N–H and O–H groups in total. The third-order valence-electron chi connectivity index (χ3n) is 6.72. The number of carbonyl (C=O) groups excluding carboxylic acids is 1. The van der Waals surface area contributed by atoms with E-state index >= 15 is 0 Å². The van der Waals surface area contributed by atoms with Crippen LogP contribution < -0.4 is 23.7 Å². The molecule has 8 heteroatoms. The van der Waals surface area contributed by atoms with Crippen molar-refractivity contribution in [2.75, 3.05) is 41.7 Å². The van der Waals surface area contributed by atoms with Gasteiger partial charge in [-0.3, -0.25) is 0 Å². The lowest BCUT2D eigenvalue weighted by Crippen LogP contribution is -2.05. The normalized spacial score (nSPS) is 10.9. The van der Waals surface area contributed by atoms with Crippen molar-refractivity contribution in [3.8, 4) is 34.8 Å². The number of unbranched alkanes of at least 4 members (excludes halogenated alkanes) is 8. The summed E-state index contributed by atoms with van der Waals surface area (Å²) in [6, 6.07) is 11.4. The molecule has 0 saturated heterocycles. The van der Waals surface area contributed by atoms with Crippen LogP contribution in [0.1, 0.15) is 75.8 Å². The summed E-state index contributed by atoms with van der Waals surface area (Å²) in [4.78, 5) is 11.3. The van der Waals surface area contributed by atoms with Gasteiger partial charge in [-0.25, -0.2) is 4.79 Å². The highest BCUT2D eigenvalue weighted by Crippen LogP contribution is 2.40. The maximum atomic E-state index is 11.3. The van der Waals surface area contributed by atoms with Gasteiger partial charge in [-0.2, -0.15) is 5.26 Å². The summed E-state index contributed by atoms with van der Waals surface area (Å²) in [7, 11) is 6.23. The first-order chi connectivity index (χ1) is 20.4. The first-order valence-corrected chi connectivity index (χ1v) is 14.4. The van der Waals surface area contributed by atoms with Gasteiger partial charge in [0.1, 0.15) is 0 Å². The number of methoxy groups -OCH3 is 4. The van der Waals surface area contributed by atoms with E-state index in [0.29, 0.717) is 58.7 Å². The zero-order chi connectivity index (χ0) is 30.7. The van der Waals surface area contributed by atoms with Crippen LogP contribution in [0.4, 0.5) is 0 Å². The van der Waals surface area contributed by atoms with Gasteiger partial charge in [-0.1, -0.05) is 57.6 Å². The fourth-order valence-electron chi connectivity index (χ4n) is 4.39. The topological polar surface area (TPSA) is 96.2 Å². The van der Waals surface area contributed by atoms with Crippen LogP contribution >= 0.6 is 0 Å². The van der Waals surface area contributed by atoms with Gasteiger partial charge in [0, 0.05) is 5.57 Å². The number of hydrogen-bond donors (Lipinski definition) is 0. The summed E-state index contributed by atoms with van der Waals surface area (Å²) in [6.07, 6.45) is 11.8. The third kappa shape index (κ3) is 11.0. The highest BCUT2D eigenvalue weighted by atomic mass is 16.5. The molecule has 2 aromatic carbocycles. The van der Waals surface area contributed by atoms with Gasteiger partial charge in [-0.05, 0) is 61.2 Å². The van der Waals surface area contributed by atoms with Crippen LogP contribution in [-0.2, 0) is 9.53 Å². The Labute approximate surface area is 250 Å². The lowest BCUT2D eigenvalue weighted by molar-refractivity contribution is -0.139. The zero-order valence-electron chi connectivity index (χ0n) is 25.8. The molecule has 8 nitrogen and oxygen atoms in total. The molecule has 0 radical (unpaired) electrons. The van der Waals surface area contributed by atoms with E-state index < -0.39 is 0 Å². The van der Waals surface area contributed by atoms with Crippen LogP contribution in [0.15, 0.2) is 42.5 Å². The molecule has 0 saturated carbocycles. The Morgan fingerprint density at radius 1 is 0.762 bits per heavy atom. The summed E-state index contributed by atoms with van der Waals surface area (Å²) in [6.45, 7) is 6.34. The summed E-state index contributed by atoms with van der Waals surface area (Å²) >= 11 is 0. The number of nitrogens with zero attached hydrogens (tertiary/aromatic N) is 1. The monoisotopic (exact) mass is 579 g/mol. The van der Waals surface area contributed by atoms with E-state index in [9.17, 15) is 10.1 Å². The van der Waals surface area contributed by atoms with Crippen molar-refractivity contribution in [2.45, 2.75) is 64.7 Å². The van der Waals surface area contributed by atoms with Crippen molar-refractivity contribution in [1.29, 1.82) is 5.26 Å². The molecule has 0 atom stereocenters. The molecule has 42 heavy (non-hydrogen) atoms.